The predicted octanol–water partition coefficient (Wildman–Crippen LogP) is 0.953. The Morgan fingerprint density at radius 1 is 1.25 bits per heavy atom. The minimum absolute atomic E-state index is 0.153. The van der Waals surface area contributed by atoms with Crippen LogP contribution in [-0.2, 0) is 6.54 Å². The van der Waals surface area contributed by atoms with Crippen molar-refractivity contribution in [1.29, 1.82) is 0 Å². The SMILES string of the molecule is Cc1cnn(Cc2cc3c(cc2N)OCCO3)c(=O)c1. The highest BCUT2D eigenvalue weighted by molar-refractivity contribution is 5.58. The average molecular weight is 273 g/mol. The van der Waals surface area contributed by atoms with Crippen LogP contribution in [0.2, 0.25) is 0 Å². The highest BCUT2D eigenvalue weighted by Gasteiger charge is 2.15. The van der Waals surface area contributed by atoms with Crippen LogP contribution in [0.4, 0.5) is 5.69 Å². The number of nitrogens with zero attached hydrogens (tertiary/aromatic N) is 2. The van der Waals surface area contributed by atoms with Gasteiger partial charge in [-0.15, -0.1) is 0 Å². The number of nitrogen functional groups attached to an aromatic ring is 1. The summed E-state index contributed by atoms with van der Waals surface area (Å²) in [5.41, 5.74) is 8.02. The summed E-state index contributed by atoms with van der Waals surface area (Å²) in [6.45, 7) is 3.17. The molecule has 1 aromatic heterocycles. The number of nitrogens with two attached hydrogens (primary N) is 1. The van der Waals surface area contributed by atoms with Crippen LogP contribution in [0.5, 0.6) is 11.5 Å². The highest BCUT2D eigenvalue weighted by Crippen LogP contribution is 2.34. The Morgan fingerprint density at radius 3 is 2.65 bits per heavy atom. The van der Waals surface area contributed by atoms with Crippen LogP contribution in [0.3, 0.4) is 0 Å². The molecule has 6 nitrogen and oxygen atoms in total. The Balaban J connectivity index is 1.96. The highest BCUT2D eigenvalue weighted by atomic mass is 16.6. The van der Waals surface area contributed by atoms with E-state index in [0.717, 1.165) is 11.1 Å². The van der Waals surface area contributed by atoms with Crippen molar-refractivity contribution in [3.63, 3.8) is 0 Å². The van der Waals surface area contributed by atoms with Crippen LogP contribution in [-0.4, -0.2) is 23.0 Å². The van der Waals surface area contributed by atoms with E-state index in [2.05, 4.69) is 5.10 Å². The molecule has 104 valence electrons. The smallest absolute Gasteiger partial charge is 0.267 e. The van der Waals surface area contributed by atoms with Crippen molar-refractivity contribution in [1.82, 2.24) is 9.78 Å². The van der Waals surface area contributed by atoms with Gasteiger partial charge in [-0.3, -0.25) is 4.79 Å². The van der Waals surface area contributed by atoms with Gasteiger partial charge in [-0.05, 0) is 18.6 Å². The molecule has 2 N–H and O–H groups in total. The Kier molecular flexibility index (Phi) is 3.06. The molecule has 0 bridgehead atoms. The molecule has 0 saturated heterocycles. The van der Waals surface area contributed by atoms with Crippen molar-refractivity contribution in [2.75, 3.05) is 18.9 Å². The molecule has 2 aromatic rings. The summed E-state index contributed by atoms with van der Waals surface area (Å²) in [4.78, 5) is 11.8. The van der Waals surface area contributed by atoms with Crippen LogP contribution in [0.25, 0.3) is 0 Å². The fraction of sp³-hybridized carbons (Fsp3) is 0.286. The van der Waals surface area contributed by atoms with E-state index in [9.17, 15) is 4.79 Å². The summed E-state index contributed by atoms with van der Waals surface area (Å²) >= 11 is 0. The van der Waals surface area contributed by atoms with Gasteiger partial charge in [0.05, 0.1) is 12.7 Å². The van der Waals surface area contributed by atoms with E-state index in [1.807, 2.05) is 6.92 Å². The van der Waals surface area contributed by atoms with E-state index in [4.69, 9.17) is 15.2 Å². The summed E-state index contributed by atoms with van der Waals surface area (Å²) in [6.07, 6.45) is 1.65. The first-order valence-corrected chi connectivity index (χ1v) is 6.35. The largest absolute Gasteiger partial charge is 0.486 e. The average Bonchev–Trinajstić information content (AvgIpc) is 2.42. The monoisotopic (exact) mass is 273 g/mol. The van der Waals surface area contributed by atoms with E-state index in [1.165, 1.54) is 4.68 Å². The summed E-state index contributed by atoms with van der Waals surface area (Å²) in [5, 5.41) is 4.10. The van der Waals surface area contributed by atoms with Gasteiger partial charge in [-0.25, -0.2) is 4.68 Å². The van der Waals surface area contributed by atoms with Gasteiger partial charge in [0.1, 0.15) is 13.2 Å². The van der Waals surface area contributed by atoms with Gasteiger partial charge in [-0.2, -0.15) is 5.10 Å². The van der Waals surface area contributed by atoms with E-state index in [-0.39, 0.29) is 5.56 Å². The number of aromatic nitrogens is 2. The number of aryl methyl sites for hydroxylation is 1. The second kappa shape index (κ2) is 4.88. The van der Waals surface area contributed by atoms with Crippen molar-refractivity contribution in [3.05, 3.63) is 45.9 Å². The molecule has 1 aromatic carbocycles. The lowest BCUT2D eigenvalue weighted by Crippen LogP contribution is -2.23. The molecule has 0 saturated carbocycles. The van der Waals surface area contributed by atoms with Crippen molar-refractivity contribution in [3.8, 4) is 11.5 Å². The van der Waals surface area contributed by atoms with E-state index in [0.29, 0.717) is 36.9 Å². The molecular weight excluding hydrogens is 258 g/mol. The van der Waals surface area contributed by atoms with Gasteiger partial charge in [0.2, 0.25) is 0 Å². The van der Waals surface area contributed by atoms with Gasteiger partial charge < -0.3 is 15.2 Å². The Bertz CT molecular complexity index is 709. The minimum Gasteiger partial charge on any atom is -0.486 e. The lowest BCUT2D eigenvalue weighted by Gasteiger charge is -2.20. The summed E-state index contributed by atoms with van der Waals surface area (Å²) < 4.78 is 12.3. The zero-order valence-corrected chi connectivity index (χ0v) is 11.1. The molecule has 0 amide bonds. The lowest BCUT2D eigenvalue weighted by molar-refractivity contribution is 0.171. The topological polar surface area (TPSA) is 79.4 Å². The number of benzene rings is 1. The Morgan fingerprint density at radius 2 is 1.95 bits per heavy atom. The normalized spacial score (nSPS) is 13.2. The minimum atomic E-state index is -0.153. The Labute approximate surface area is 115 Å². The van der Waals surface area contributed by atoms with Gasteiger partial charge in [0, 0.05) is 23.4 Å². The molecule has 0 unspecified atom stereocenters. The molecule has 1 aliphatic heterocycles. The van der Waals surface area contributed by atoms with Crippen molar-refractivity contribution < 1.29 is 9.47 Å². The van der Waals surface area contributed by atoms with Crippen molar-refractivity contribution in [2.24, 2.45) is 0 Å². The molecule has 0 aliphatic carbocycles. The van der Waals surface area contributed by atoms with Crippen LogP contribution < -0.4 is 20.8 Å². The molecule has 0 atom stereocenters. The molecule has 0 spiro atoms. The van der Waals surface area contributed by atoms with Gasteiger partial charge in [0.15, 0.2) is 11.5 Å². The third-order valence-corrected chi connectivity index (χ3v) is 3.13. The van der Waals surface area contributed by atoms with Crippen LogP contribution >= 0.6 is 0 Å². The number of hydrogen-bond donors (Lipinski definition) is 1. The van der Waals surface area contributed by atoms with Gasteiger partial charge >= 0.3 is 0 Å². The number of rotatable bonds is 2. The molecule has 0 radical (unpaired) electrons. The third kappa shape index (κ3) is 2.32. The number of hydrogen-bond acceptors (Lipinski definition) is 5. The maximum atomic E-state index is 11.8. The van der Waals surface area contributed by atoms with Crippen LogP contribution in [0.1, 0.15) is 11.1 Å². The molecule has 3 rings (SSSR count). The van der Waals surface area contributed by atoms with Crippen molar-refractivity contribution in [2.45, 2.75) is 13.5 Å². The zero-order valence-electron chi connectivity index (χ0n) is 11.1. The molecule has 2 heterocycles. The molecule has 6 heteroatoms. The number of fused-ring (bicyclic) bond motifs is 1. The maximum absolute atomic E-state index is 11.8. The first-order valence-electron chi connectivity index (χ1n) is 6.35. The standard InChI is InChI=1S/C14H15N3O3/c1-9-4-14(18)17(16-7-9)8-10-5-12-13(6-11(10)15)20-3-2-19-12/h4-7H,2-3,8,15H2,1H3. The number of ether oxygens (including phenoxy) is 2. The third-order valence-electron chi connectivity index (χ3n) is 3.13. The molecule has 1 aliphatic rings. The molecule has 20 heavy (non-hydrogen) atoms. The van der Waals surface area contributed by atoms with Crippen LogP contribution in [0, 0.1) is 6.92 Å². The second-order valence-corrected chi connectivity index (χ2v) is 4.72. The first kappa shape index (κ1) is 12.5. The summed E-state index contributed by atoms with van der Waals surface area (Å²) in [6, 6.07) is 5.07. The van der Waals surface area contributed by atoms with Gasteiger partial charge in [0.25, 0.3) is 5.56 Å². The fourth-order valence-electron chi connectivity index (χ4n) is 2.09. The van der Waals surface area contributed by atoms with Crippen molar-refractivity contribution >= 4 is 5.69 Å². The molecular formula is C14H15N3O3. The second-order valence-electron chi connectivity index (χ2n) is 4.72. The van der Waals surface area contributed by atoms with E-state index >= 15 is 0 Å². The quantitative estimate of drug-likeness (QED) is 0.824. The Hall–Kier alpha value is -2.50. The zero-order chi connectivity index (χ0) is 14.1. The first-order chi connectivity index (χ1) is 9.63. The van der Waals surface area contributed by atoms with Gasteiger partial charge in [-0.1, -0.05) is 0 Å². The number of anilines is 1. The predicted molar refractivity (Wildman–Crippen MR) is 74.2 cm³/mol. The van der Waals surface area contributed by atoms with Crippen LogP contribution in [0.15, 0.2) is 29.2 Å². The fourth-order valence-corrected chi connectivity index (χ4v) is 2.09. The lowest BCUT2D eigenvalue weighted by atomic mass is 10.1. The summed E-state index contributed by atoms with van der Waals surface area (Å²) in [7, 11) is 0. The summed E-state index contributed by atoms with van der Waals surface area (Å²) in [5.74, 6) is 1.29. The molecule has 0 fully saturated rings. The van der Waals surface area contributed by atoms with E-state index in [1.54, 1.807) is 24.4 Å². The maximum Gasteiger partial charge on any atom is 0.267 e. The van der Waals surface area contributed by atoms with E-state index < -0.39 is 0 Å².